The number of benzene rings is 1. The Morgan fingerprint density at radius 2 is 1.89 bits per heavy atom. The number of aromatic nitrogens is 2. The van der Waals surface area contributed by atoms with Crippen LogP contribution in [0.2, 0.25) is 0 Å². The molecule has 2 rings (SSSR count). The zero-order chi connectivity index (χ0) is 14.0. The summed E-state index contributed by atoms with van der Waals surface area (Å²) in [4.78, 5) is 20.7. The van der Waals surface area contributed by atoms with Gasteiger partial charge in [-0.1, -0.05) is 12.2 Å². The quantitative estimate of drug-likeness (QED) is 0.827. The molecular weight excluding hydrogens is 260 g/mol. The molecule has 5 nitrogen and oxygen atoms in total. The zero-order valence-corrected chi connectivity index (χ0v) is 11.5. The molecule has 1 aromatic carbocycles. The summed E-state index contributed by atoms with van der Waals surface area (Å²) in [6.07, 6.45) is 3.20. The minimum atomic E-state index is -0.732. The minimum absolute atomic E-state index is 0.237. The Hall–Kier alpha value is -2.08. The van der Waals surface area contributed by atoms with E-state index in [4.69, 9.17) is 18.0 Å². The Morgan fingerprint density at radius 3 is 2.53 bits per heavy atom. The lowest BCUT2D eigenvalue weighted by Crippen LogP contribution is -2.52. The summed E-state index contributed by atoms with van der Waals surface area (Å²) in [5, 5.41) is 2.78. The highest BCUT2D eigenvalue weighted by atomic mass is 32.1. The monoisotopic (exact) mass is 274 g/mol. The second-order valence-electron chi connectivity index (χ2n) is 4.70. The molecule has 1 aromatic heterocycles. The first-order chi connectivity index (χ1) is 8.90. The molecule has 0 unspecified atom stereocenters. The van der Waals surface area contributed by atoms with Crippen LogP contribution in [0.25, 0.3) is 11.0 Å². The number of carbonyl (C=O) groups excluding carboxylic acids is 1. The zero-order valence-electron chi connectivity index (χ0n) is 10.7. The van der Waals surface area contributed by atoms with Gasteiger partial charge in [-0.3, -0.25) is 14.8 Å². The van der Waals surface area contributed by atoms with E-state index in [1.54, 1.807) is 44.4 Å². The van der Waals surface area contributed by atoms with Crippen molar-refractivity contribution in [3.63, 3.8) is 0 Å². The van der Waals surface area contributed by atoms with E-state index in [1.807, 2.05) is 0 Å². The van der Waals surface area contributed by atoms with Crippen LogP contribution in [-0.4, -0.2) is 26.4 Å². The van der Waals surface area contributed by atoms with Crippen LogP contribution < -0.4 is 11.1 Å². The predicted octanol–water partition coefficient (Wildman–Crippen LogP) is 1.42. The third kappa shape index (κ3) is 2.85. The van der Waals surface area contributed by atoms with Gasteiger partial charge in [-0.25, -0.2) is 0 Å². The molecule has 0 saturated heterocycles. The van der Waals surface area contributed by atoms with Gasteiger partial charge in [0, 0.05) is 18.0 Å². The SMILES string of the molecule is CC(C)(NC(=O)c1ccc2nccnc2c1)C(N)=S. The molecule has 0 aliphatic carbocycles. The highest BCUT2D eigenvalue weighted by Crippen LogP contribution is 2.12. The van der Waals surface area contributed by atoms with E-state index in [1.165, 1.54) is 0 Å². The van der Waals surface area contributed by atoms with Crippen molar-refractivity contribution in [1.29, 1.82) is 0 Å². The molecule has 0 aliphatic heterocycles. The molecule has 98 valence electrons. The second-order valence-corrected chi connectivity index (χ2v) is 5.14. The molecule has 1 amide bonds. The molecule has 2 aromatic rings. The summed E-state index contributed by atoms with van der Waals surface area (Å²) in [6.45, 7) is 3.52. The third-order valence-corrected chi connectivity index (χ3v) is 3.28. The highest BCUT2D eigenvalue weighted by molar-refractivity contribution is 7.80. The number of nitrogens with zero attached hydrogens (tertiary/aromatic N) is 2. The molecule has 0 spiro atoms. The van der Waals surface area contributed by atoms with Gasteiger partial charge in [0.2, 0.25) is 0 Å². The van der Waals surface area contributed by atoms with Gasteiger partial charge in [-0.2, -0.15) is 0 Å². The molecule has 1 heterocycles. The van der Waals surface area contributed by atoms with Crippen LogP contribution in [0.1, 0.15) is 24.2 Å². The molecule has 0 saturated carbocycles. The van der Waals surface area contributed by atoms with Crippen molar-refractivity contribution < 1.29 is 4.79 Å². The molecule has 0 fully saturated rings. The average Bonchev–Trinajstić information content (AvgIpc) is 2.37. The van der Waals surface area contributed by atoms with Crippen molar-refractivity contribution >= 4 is 34.1 Å². The van der Waals surface area contributed by atoms with E-state index in [-0.39, 0.29) is 10.9 Å². The van der Waals surface area contributed by atoms with Crippen LogP contribution in [0.3, 0.4) is 0 Å². The van der Waals surface area contributed by atoms with Gasteiger partial charge >= 0.3 is 0 Å². The van der Waals surface area contributed by atoms with Gasteiger partial charge in [0.15, 0.2) is 0 Å². The normalized spacial score (nSPS) is 11.3. The Morgan fingerprint density at radius 1 is 1.26 bits per heavy atom. The smallest absolute Gasteiger partial charge is 0.252 e. The van der Waals surface area contributed by atoms with E-state index in [2.05, 4.69) is 15.3 Å². The molecule has 0 atom stereocenters. The fraction of sp³-hybridized carbons (Fsp3) is 0.231. The number of amides is 1. The Kier molecular flexibility index (Phi) is 3.44. The van der Waals surface area contributed by atoms with Gasteiger partial charge in [-0.15, -0.1) is 0 Å². The maximum atomic E-state index is 12.1. The van der Waals surface area contributed by atoms with E-state index in [9.17, 15) is 4.79 Å². The maximum Gasteiger partial charge on any atom is 0.252 e. The van der Waals surface area contributed by atoms with Crippen LogP contribution in [0.4, 0.5) is 0 Å². The number of rotatable bonds is 3. The molecule has 0 bridgehead atoms. The van der Waals surface area contributed by atoms with Crippen LogP contribution in [0, 0.1) is 0 Å². The van der Waals surface area contributed by atoms with Gasteiger partial charge in [0.05, 0.1) is 21.6 Å². The van der Waals surface area contributed by atoms with Gasteiger partial charge < -0.3 is 11.1 Å². The summed E-state index contributed by atoms with van der Waals surface area (Å²) in [7, 11) is 0. The molecule has 0 aliphatic rings. The number of hydrogen-bond acceptors (Lipinski definition) is 4. The Bertz CT molecular complexity index is 654. The van der Waals surface area contributed by atoms with Crippen molar-refractivity contribution in [1.82, 2.24) is 15.3 Å². The van der Waals surface area contributed by atoms with Crippen molar-refractivity contribution in [2.75, 3.05) is 0 Å². The number of nitrogens with two attached hydrogens (primary N) is 1. The van der Waals surface area contributed by atoms with Crippen LogP contribution in [0.15, 0.2) is 30.6 Å². The van der Waals surface area contributed by atoms with Crippen molar-refractivity contribution in [3.8, 4) is 0 Å². The first-order valence-electron chi connectivity index (χ1n) is 5.73. The van der Waals surface area contributed by atoms with Crippen molar-refractivity contribution in [2.45, 2.75) is 19.4 Å². The largest absolute Gasteiger partial charge is 0.391 e. The molecular formula is C13H14N4OS. The van der Waals surface area contributed by atoms with Crippen LogP contribution in [0.5, 0.6) is 0 Å². The summed E-state index contributed by atoms with van der Waals surface area (Å²) in [6, 6.07) is 5.14. The van der Waals surface area contributed by atoms with E-state index in [0.717, 1.165) is 5.52 Å². The van der Waals surface area contributed by atoms with Crippen molar-refractivity contribution in [2.24, 2.45) is 5.73 Å². The van der Waals surface area contributed by atoms with Crippen LogP contribution in [-0.2, 0) is 0 Å². The first-order valence-corrected chi connectivity index (χ1v) is 6.14. The fourth-order valence-electron chi connectivity index (χ4n) is 1.52. The number of nitrogens with one attached hydrogen (secondary N) is 1. The van der Waals surface area contributed by atoms with Crippen LogP contribution >= 0.6 is 12.2 Å². The number of thiocarbonyl (C=S) groups is 1. The molecule has 0 radical (unpaired) electrons. The lowest BCUT2D eigenvalue weighted by atomic mass is 10.0. The van der Waals surface area contributed by atoms with E-state index >= 15 is 0 Å². The Labute approximate surface area is 116 Å². The van der Waals surface area contributed by atoms with Crippen molar-refractivity contribution in [3.05, 3.63) is 36.2 Å². The Balaban J connectivity index is 2.29. The second kappa shape index (κ2) is 4.89. The number of hydrogen-bond donors (Lipinski definition) is 2. The van der Waals surface area contributed by atoms with E-state index in [0.29, 0.717) is 11.1 Å². The lowest BCUT2D eigenvalue weighted by Gasteiger charge is -2.24. The molecule has 6 heteroatoms. The third-order valence-electron chi connectivity index (χ3n) is 2.77. The highest BCUT2D eigenvalue weighted by Gasteiger charge is 2.24. The molecule has 19 heavy (non-hydrogen) atoms. The summed E-state index contributed by atoms with van der Waals surface area (Å²) >= 11 is 4.92. The first kappa shape index (κ1) is 13.4. The summed E-state index contributed by atoms with van der Waals surface area (Å²) < 4.78 is 0. The fourth-order valence-corrected chi connectivity index (χ4v) is 1.57. The number of carbonyl (C=O) groups is 1. The lowest BCUT2D eigenvalue weighted by molar-refractivity contribution is 0.0932. The van der Waals surface area contributed by atoms with Gasteiger partial charge in [-0.05, 0) is 32.0 Å². The maximum absolute atomic E-state index is 12.1. The summed E-state index contributed by atoms with van der Waals surface area (Å²) in [5.74, 6) is -0.245. The standard InChI is InChI=1S/C13H14N4OS/c1-13(2,12(14)19)17-11(18)8-3-4-9-10(7-8)16-6-5-15-9/h3-7H,1-2H3,(H2,14,19)(H,17,18). The topological polar surface area (TPSA) is 80.9 Å². The average molecular weight is 274 g/mol. The van der Waals surface area contributed by atoms with E-state index < -0.39 is 5.54 Å². The number of fused-ring (bicyclic) bond motifs is 1. The van der Waals surface area contributed by atoms with Gasteiger partial charge in [0.1, 0.15) is 0 Å². The predicted molar refractivity (Wildman–Crippen MR) is 77.9 cm³/mol. The summed E-state index contributed by atoms with van der Waals surface area (Å²) in [5.41, 5.74) is 6.76. The molecule has 3 N–H and O–H groups in total. The minimum Gasteiger partial charge on any atom is -0.391 e. The van der Waals surface area contributed by atoms with Gasteiger partial charge in [0.25, 0.3) is 5.91 Å².